The number of rotatable bonds is 8. The van der Waals surface area contributed by atoms with Crippen LogP contribution >= 0.6 is 0 Å². The molecule has 0 aliphatic heterocycles. The minimum atomic E-state index is -0.276. The SMILES string of the molecule is CCN(C)C(CC)(CC)C(C)NC(=O)c1cc(CO)on1. The van der Waals surface area contributed by atoms with Gasteiger partial charge in [0.15, 0.2) is 11.5 Å². The number of hydrogen-bond acceptors (Lipinski definition) is 5. The Bertz CT molecular complexity index is 455. The van der Waals surface area contributed by atoms with Crippen LogP contribution in [-0.4, -0.2) is 46.2 Å². The van der Waals surface area contributed by atoms with E-state index in [-0.39, 0.29) is 35.5 Å². The largest absolute Gasteiger partial charge is 0.388 e. The quantitative estimate of drug-likeness (QED) is 0.765. The van der Waals surface area contributed by atoms with Crippen LogP contribution in [-0.2, 0) is 6.61 Å². The number of amides is 1. The maximum Gasteiger partial charge on any atom is 0.273 e. The topological polar surface area (TPSA) is 78.6 Å². The molecule has 1 amide bonds. The first-order valence-electron chi connectivity index (χ1n) is 7.53. The third kappa shape index (κ3) is 3.63. The van der Waals surface area contributed by atoms with Gasteiger partial charge in [0, 0.05) is 17.6 Å². The van der Waals surface area contributed by atoms with Crippen LogP contribution in [0.25, 0.3) is 0 Å². The molecule has 1 heterocycles. The molecule has 0 radical (unpaired) electrons. The highest BCUT2D eigenvalue weighted by molar-refractivity contribution is 5.92. The summed E-state index contributed by atoms with van der Waals surface area (Å²) in [6.07, 6.45) is 1.88. The summed E-state index contributed by atoms with van der Waals surface area (Å²) in [5.74, 6) is 0.0115. The van der Waals surface area contributed by atoms with E-state index in [1.165, 1.54) is 6.07 Å². The lowest BCUT2D eigenvalue weighted by atomic mass is 9.83. The Hall–Kier alpha value is -1.40. The normalized spacial score (nSPS) is 13.5. The molecular weight excluding hydrogens is 270 g/mol. The van der Waals surface area contributed by atoms with Crippen molar-refractivity contribution in [3.8, 4) is 0 Å². The summed E-state index contributed by atoms with van der Waals surface area (Å²) in [6.45, 7) is 9.06. The highest BCUT2D eigenvalue weighted by atomic mass is 16.5. The Labute approximate surface area is 126 Å². The van der Waals surface area contributed by atoms with Crippen molar-refractivity contribution in [3.05, 3.63) is 17.5 Å². The molecule has 0 spiro atoms. The fourth-order valence-electron chi connectivity index (χ4n) is 2.95. The molecule has 1 atom stereocenters. The predicted molar refractivity (Wildman–Crippen MR) is 81.0 cm³/mol. The first-order valence-corrected chi connectivity index (χ1v) is 7.53. The van der Waals surface area contributed by atoms with E-state index in [4.69, 9.17) is 9.63 Å². The van der Waals surface area contributed by atoms with Crippen LogP contribution in [0.5, 0.6) is 0 Å². The van der Waals surface area contributed by atoms with E-state index in [1.807, 2.05) is 6.92 Å². The number of aliphatic hydroxyl groups excluding tert-OH is 1. The molecule has 1 rings (SSSR count). The van der Waals surface area contributed by atoms with Crippen LogP contribution in [0.2, 0.25) is 0 Å². The molecule has 0 aromatic carbocycles. The summed E-state index contributed by atoms with van der Waals surface area (Å²) in [6, 6.07) is 1.43. The fourth-order valence-corrected chi connectivity index (χ4v) is 2.95. The van der Waals surface area contributed by atoms with Crippen LogP contribution < -0.4 is 5.32 Å². The molecule has 120 valence electrons. The summed E-state index contributed by atoms with van der Waals surface area (Å²) in [4.78, 5) is 14.5. The van der Waals surface area contributed by atoms with E-state index in [2.05, 4.69) is 43.2 Å². The summed E-state index contributed by atoms with van der Waals surface area (Å²) >= 11 is 0. The molecule has 1 aromatic heterocycles. The summed E-state index contributed by atoms with van der Waals surface area (Å²) in [7, 11) is 2.08. The second-order valence-corrected chi connectivity index (χ2v) is 5.36. The third-order valence-corrected chi connectivity index (χ3v) is 4.56. The zero-order valence-electron chi connectivity index (χ0n) is 13.6. The van der Waals surface area contributed by atoms with Crippen molar-refractivity contribution in [3.63, 3.8) is 0 Å². The average Bonchev–Trinajstić information content (AvgIpc) is 2.97. The second kappa shape index (κ2) is 7.56. The van der Waals surface area contributed by atoms with Crippen molar-refractivity contribution < 1.29 is 14.4 Å². The number of likely N-dealkylation sites (N-methyl/N-ethyl adjacent to an activating group) is 1. The van der Waals surface area contributed by atoms with Crippen molar-refractivity contribution in [1.82, 2.24) is 15.4 Å². The van der Waals surface area contributed by atoms with E-state index in [1.54, 1.807) is 0 Å². The van der Waals surface area contributed by atoms with Crippen LogP contribution in [0.3, 0.4) is 0 Å². The van der Waals surface area contributed by atoms with Gasteiger partial charge >= 0.3 is 0 Å². The number of carbonyl (C=O) groups excluding carboxylic acids is 1. The zero-order chi connectivity index (χ0) is 16.0. The maximum atomic E-state index is 12.2. The fraction of sp³-hybridized carbons (Fsp3) is 0.733. The molecule has 2 N–H and O–H groups in total. The van der Waals surface area contributed by atoms with E-state index in [0.29, 0.717) is 0 Å². The lowest BCUT2D eigenvalue weighted by molar-refractivity contribution is 0.0643. The van der Waals surface area contributed by atoms with Crippen LogP contribution in [0.4, 0.5) is 0 Å². The van der Waals surface area contributed by atoms with Crippen molar-refractivity contribution in [2.24, 2.45) is 0 Å². The molecule has 0 bridgehead atoms. The van der Waals surface area contributed by atoms with Crippen molar-refractivity contribution in [1.29, 1.82) is 0 Å². The van der Waals surface area contributed by atoms with Crippen molar-refractivity contribution >= 4 is 5.91 Å². The minimum Gasteiger partial charge on any atom is -0.388 e. The van der Waals surface area contributed by atoms with Crippen LogP contribution in [0.15, 0.2) is 10.6 Å². The number of hydrogen-bond donors (Lipinski definition) is 2. The van der Waals surface area contributed by atoms with Gasteiger partial charge in [-0.3, -0.25) is 9.69 Å². The van der Waals surface area contributed by atoms with Gasteiger partial charge in [0.1, 0.15) is 6.61 Å². The lowest BCUT2D eigenvalue weighted by Gasteiger charge is -2.45. The Morgan fingerprint density at radius 1 is 1.48 bits per heavy atom. The van der Waals surface area contributed by atoms with Crippen LogP contribution in [0.1, 0.15) is 56.8 Å². The van der Waals surface area contributed by atoms with Crippen molar-refractivity contribution in [2.75, 3.05) is 13.6 Å². The van der Waals surface area contributed by atoms with Gasteiger partial charge in [0.05, 0.1) is 0 Å². The average molecular weight is 297 g/mol. The molecular formula is C15H27N3O3. The summed E-state index contributed by atoms with van der Waals surface area (Å²) < 4.78 is 4.85. The Balaban J connectivity index is 2.86. The zero-order valence-corrected chi connectivity index (χ0v) is 13.6. The van der Waals surface area contributed by atoms with Gasteiger partial charge in [-0.2, -0.15) is 0 Å². The number of aromatic nitrogens is 1. The molecule has 1 aromatic rings. The summed E-state index contributed by atoms with van der Waals surface area (Å²) in [5.41, 5.74) is 0.111. The second-order valence-electron chi connectivity index (χ2n) is 5.36. The smallest absolute Gasteiger partial charge is 0.273 e. The molecule has 21 heavy (non-hydrogen) atoms. The molecule has 0 saturated carbocycles. The maximum absolute atomic E-state index is 12.2. The van der Waals surface area contributed by atoms with Gasteiger partial charge in [0.2, 0.25) is 0 Å². The molecule has 6 heteroatoms. The number of carbonyl (C=O) groups is 1. The molecule has 6 nitrogen and oxygen atoms in total. The highest BCUT2D eigenvalue weighted by Crippen LogP contribution is 2.27. The van der Waals surface area contributed by atoms with Gasteiger partial charge in [-0.25, -0.2) is 0 Å². The van der Waals surface area contributed by atoms with E-state index in [9.17, 15) is 4.79 Å². The Morgan fingerprint density at radius 3 is 2.52 bits per heavy atom. The molecule has 0 aliphatic carbocycles. The molecule has 0 saturated heterocycles. The minimum absolute atomic E-state index is 0.0285. The Kier molecular flexibility index (Phi) is 6.36. The first kappa shape index (κ1) is 17.7. The van der Waals surface area contributed by atoms with E-state index >= 15 is 0 Å². The van der Waals surface area contributed by atoms with Gasteiger partial charge in [-0.05, 0) is 33.4 Å². The number of nitrogens with zero attached hydrogens (tertiary/aromatic N) is 2. The number of aliphatic hydroxyl groups is 1. The standard InChI is InChI=1S/C15H27N3O3/c1-6-15(7-2,18(5)8-3)11(4)16-14(20)13-9-12(10-19)21-17-13/h9,11,19H,6-8,10H2,1-5H3,(H,16,20). The monoisotopic (exact) mass is 297 g/mol. The summed E-state index contributed by atoms with van der Waals surface area (Å²) in [5, 5.41) is 15.6. The highest BCUT2D eigenvalue weighted by Gasteiger charge is 2.37. The number of nitrogens with one attached hydrogen (secondary N) is 1. The van der Waals surface area contributed by atoms with Gasteiger partial charge < -0.3 is 14.9 Å². The van der Waals surface area contributed by atoms with Gasteiger partial charge in [-0.1, -0.05) is 25.9 Å². The van der Waals surface area contributed by atoms with E-state index < -0.39 is 0 Å². The predicted octanol–water partition coefficient (Wildman–Crippen LogP) is 1.80. The molecule has 0 fully saturated rings. The van der Waals surface area contributed by atoms with Gasteiger partial charge in [-0.15, -0.1) is 0 Å². The van der Waals surface area contributed by atoms with Crippen molar-refractivity contribution in [2.45, 2.75) is 58.7 Å². The molecule has 1 unspecified atom stereocenters. The van der Waals surface area contributed by atoms with Crippen LogP contribution in [0, 0.1) is 0 Å². The van der Waals surface area contributed by atoms with Gasteiger partial charge in [0.25, 0.3) is 5.91 Å². The Morgan fingerprint density at radius 2 is 2.10 bits per heavy atom. The molecule has 0 aliphatic rings. The van der Waals surface area contributed by atoms with E-state index in [0.717, 1.165) is 19.4 Å². The lowest BCUT2D eigenvalue weighted by Crippen LogP contribution is -2.59. The third-order valence-electron chi connectivity index (χ3n) is 4.56. The first-order chi connectivity index (χ1) is 9.94.